The van der Waals surface area contributed by atoms with Crippen molar-refractivity contribution in [2.45, 2.75) is 54.4 Å². The maximum absolute atomic E-state index is 9.41. The van der Waals surface area contributed by atoms with Crippen LogP contribution in [0.3, 0.4) is 0 Å². The molecule has 0 spiro atoms. The lowest BCUT2D eigenvalue weighted by Crippen LogP contribution is -2.31. The summed E-state index contributed by atoms with van der Waals surface area (Å²) < 4.78 is 11.6. The molecule has 152 valence electrons. The van der Waals surface area contributed by atoms with Gasteiger partial charge >= 0.3 is 0 Å². The van der Waals surface area contributed by atoms with E-state index in [1.165, 1.54) is 27.9 Å². The summed E-state index contributed by atoms with van der Waals surface area (Å²) in [5, 5.41) is 0. The SMILES string of the molecule is [2H]C(c1ccc(-c2ccc(-c3ccccc3C)[n+](C)c2)cc1)(C(C)(C)C)C(C)(C)C. The standard InChI is InChI=1S/C28H36N/c1-20-11-9-10-12-24(20)25-18-17-23(19-29(25)8)21-13-15-22(16-14-21)26(27(2,3)4)28(5,6)7/h9-19,26H,1-8H3/q+1/i26D. The highest BCUT2D eigenvalue weighted by molar-refractivity contribution is 5.66. The minimum absolute atomic E-state index is 0.172. The molecule has 1 heterocycles. The Hall–Kier alpha value is -2.41. The quantitative estimate of drug-likeness (QED) is 0.414. The topological polar surface area (TPSA) is 3.88 Å². The fourth-order valence-corrected chi connectivity index (χ4v) is 4.74. The summed E-state index contributed by atoms with van der Waals surface area (Å²) in [6.45, 7) is 15.2. The number of aryl methyl sites for hydroxylation is 2. The van der Waals surface area contributed by atoms with Crippen molar-refractivity contribution in [3.05, 3.63) is 78.0 Å². The molecular weight excluding hydrogens is 350 g/mol. The highest BCUT2D eigenvalue weighted by Gasteiger charge is 2.35. The molecule has 1 nitrogen and oxygen atoms in total. The Labute approximate surface area is 178 Å². The van der Waals surface area contributed by atoms with E-state index in [-0.39, 0.29) is 10.8 Å². The minimum atomic E-state index is -0.683. The van der Waals surface area contributed by atoms with Crippen molar-refractivity contribution < 1.29 is 5.94 Å². The first-order valence-corrected chi connectivity index (χ1v) is 10.5. The first-order chi connectivity index (χ1) is 13.9. The molecule has 0 aliphatic rings. The van der Waals surface area contributed by atoms with Crippen LogP contribution in [0.5, 0.6) is 0 Å². The first-order valence-electron chi connectivity index (χ1n) is 11.0. The predicted molar refractivity (Wildman–Crippen MR) is 125 cm³/mol. The number of benzene rings is 2. The van der Waals surface area contributed by atoms with Gasteiger partial charge < -0.3 is 0 Å². The summed E-state index contributed by atoms with van der Waals surface area (Å²) in [4.78, 5) is 0. The zero-order valence-electron chi connectivity index (χ0n) is 20.3. The molecule has 3 rings (SSSR count). The molecule has 0 fully saturated rings. The van der Waals surface area contributed by atoms with E-state index in [2.05, 4.69) is 127 Å². The summed E-state index contributed by atoms with van der Waals surface area (Å²) in [6.07, 6.45) is 2.19. The molecular formula is C28H36N+. The highest BCUT2D eigenvalue weighted by Crippen LogP contribution is 2.47. The molecule has 0 aliphatic carbocycles. The number of hydrogen-bond acceptors (Lipinski definition) is 0. The second-order valence-electron chi connectivity index (χ2n) is 10.2. The normalized spacial score (nSPS) is 13.3. The Kier molecular flexibility index (Phi) is 5.34. The van der Waals surface area contributed by atoms with Crippen LogP contribution in [0.25, 0.3) is 22.4 Å². The van der Waals surface area contributed by atoms with Crippen LogP contribution in [0, 0.1) is 17.8 Å². The highest BCUT2D eigenvalue weighted by atomic mass is 14.9. The lowest BCUT2D eigenvalue weighted by atomic mass is 9.63. The summed E-state index contributed by atoms with van der Waals surface area (Å²) in [5.41, 5.74) is 6.84. The Morgan fingerprint density at radius 1 is 0.759 bits per heavy atom. The van der Waals surface area contributed by atoms with Crippen molar-refractivity contribution in [3.63, 3.8) is 0 Å². The Morgan fingerprint density at radius 3 is 1.83 bits per heavy atom. The summed E-state index contributed by atoms with van der Waals surface area (Å²) in [5.74, 6) is -0.683. The average Bonchev–Trinajstić information content (AvgIpc) is 2.66. The van der Waals surface area contributed by atoms with Crippen molar-refractivity contribution in [1.29, 1.82) is 0 Å². The van der Waals surface area contributed by atoms with Crippen LogP contribution >= 0.6 is 0 Å². The van der Waals surface area contributed by atoms with Crippen LogP contribution < -0.4 is 4.57 Å². The van der Waals surface area contributed by atoms with Gasteiger partial charge in [-0.3, -0.25) is 0 Å². The van der Waals surface area contributed by atoms with E-state index in [4.69, 9.17) is 0 Å². The van der Waals surface area contributed by atoms with Crippen LogP contribution in [-0.2, 0) is 7.05 Å². The minimum Gasteiger partial charge on any atom is -0.200 e. The van der Waals surface area contributed by atoms with Crippen LogP contribution in [0.1, 0.15) is 59.9 Å². The monoisotopic (exact) mass is 387 g/mol. The van der Waals surface area contributed by atoms with Gasteiger partial charge in [-0.15, -0.1) is 0 Å². The Morgan fingerprint density at radius 2 is 1.31 bits per heavy atom. The molecule has 0 bridgehead atoms. The summed E-state index contributed by atoms with van der Waals surface area (Å²) >= 11 is 0. The number of nitrogens with zero attached hydrogens (tertiary/aromatic N) is 1. The van der Waals surface area contributed by atoms with Gasteiger partial charge in [-0.05, 0) is 52.5 Å². The molecule has 0 saturated carbocycles. The van der Waals surface area contributed by atoms with E-state index in [1.54, 1.807) is 0 Å². The van der Waals surface area contributed by atoms with Crippen LogP contribution in [0.2, 0.25) is 0 Å². The van der Waals surface area contributed by atoms with Crippen molar-refractivity contribution >= 4 is 0 Å². The number of pyridine rings is 1. The number of rotatable bonds is 3. The second kappa shape index (κ2) is 7.78. The first kappa shape index (κ1) is 19.9. The van der Waals surface area contributed by atoms with Gasteiger partial charge in [0.05, 0.1) is 0 Å². The van der Waals surface area contributed by atoms with Gasteiger partial charge in [-0.25, -0.2) is 4.57 Å². The van der Waals surface area contributed by atoms with Gasteiger partial charge in [0.15, 0.2) is 6.20 Å². The van der Waals surface area contributed by atoms with E-state index in [1.807, 2.05) is 0 Å². The molecule has 2 aromatic carbocycles. The molecule has 1 aromatic heterocycles. The molecule has 1 heteroatoms. The van der Waals surface area contributed by atoms with E-state index >= 15 is 0 Å². The van der Waals surface area contributed by atoms with E-state index in [9.17, 15) is 1.37 Å². The van der Waals surface area contributed by atoms with Crippen molar-refractivity contribution in [3.8, 4) is 22.4 Å². The molecule has 0 aliphatic heterocycles. The van der Waals surface area contributed by atoms with Gasteiger partial charge in [0.1, 0.15) is 7.05 Å². The third-order valence-electron chi connectivity index (χ3n) is 5.56. The van der Waals surface area contributed by atoms with E-state index in [0.29, 0.717) is 0 Å². The van der Waals surface area contributed by atoms with Crippen LogP contribution in [0.15, 0.2) is 66.9 Å². The zero-order valence-corrected chi connectivity index (χ0v) is 19.3. The fourth-order valence-electron chi connectivity index (χ4n) is 4.74. The predicted octanol–water partition coefficient (Wildman–Crippen LogP) is 7.33. The van der Waals surface area contributed by atoms with Gasteiger partial charge in [0.25, 0.3) is 0 Å². The largest absolute Gasteiger partial charge is 0.212 e. The van der Waals surface area contributed by atoms with Gasteiger partial charge in [-0.2, -0.15) is 0 Å². The van der Waals surface area contributed by atoms with Gasteiger partial charge in [0.2, 0.25) is 5.69 Å². The van der Waals surface area contributed by atoms with Gasteiger partial charge in [-0.1, -0.05) is 84.0 Å². The fraction of sp³-hybridized carbons (Fsp3) is 0.393. The molecule has 0 saturated heterocycles. The van der Waals surface area contributed by atoms with Crippen LogP contribution in [-0.4, -0.2) is 0 Å². The van der Waals surface area contributed by atoms with E-state index < -0.39 is 5.89 Å². The lowest BCUT2D eigenvalue weighted by molar-refractivity contribution is -0.659. The molecule has 0 unspecified atom stereocenters. The lowest BCUT2D eigenvalue weighted by Gasteiger charge is -2.41. The molecule has 0 amide bonds. The smallest absolute Gasteiger partial charge is 0.200 e. The van der Waals surface area contributed by atoms with E-state index in [0.717, 1.165) is 5.56 Å². The Bertz CT molecular complexity index is 1020. The van der Waals surface area contributed by atoms with Crippen molar-refractivity contribution in [2.24, 2.45) is 17.9 Å². The van der Waals surface area contributed by atoms with Crippen molar-refractivity contribution in [1.82, 2.24) is 0 Å². The third-order valence-corrected chi connectivity index (χ3v) is 5.56. The maximum Gasteiger partial charge on any atom is 0.212 e. The van der Waals surface area contributed by atoms with Crippen LogP contribution in [0.4, 0.5) is 0 Å². The molecule has 0 N–H and O–H groups in total. The molecule has 0 radical (unpaired) electrons. The molecule has 3 aromatic rings. The van der Waals surface area contributed by atoms with Crippen molar-refractivity contribution in [2.75, 3.05) is 0 Å². The zero-order chi connectivity index (χ0) is 22.3. The summed E-state index contributed by atoms with van der Waals surface area (Å²) in [6, 6.07) is 21.5. The van der Waals surface area contributed by atoms with Gasteiger partial charge in [0, 0.05) is 18.6 Å². The third kappa shape index (κ3) is 4.61. The second-order valence-corrected chi connectivity index (χ2v) is 10.2. The maximum atomic E-state index is 9.41. The molecule has 0 atom stereocenters. The Balaban J connectivity index is 1.99. The number of aromatic nitrogens is 1. The summed E-state index contributed by atoms with van der Waals surface area (Å²) in [7, 11) is 2.10. The molecule has 29 heavy (non-hydrogen) atoms. The average molecular weight is 388 g/mol. The number of hydrogen-bond donors (Lipinski definition) is 0.